The van der Waals surface area contributed by atoms with Crippen LogP contribution < -0.4 is 0 Å². The zero-order valence-corrected chi connectivity index (χ0v) is 12.7. The van der Waals surface area contributed by atoms with Crippen molar-refractivity contribution in [3.05, 3.63) is 53.2 Å². The summed E-state index contributed by atoms with van der Waals surface area (Å²) in [6.07, 6.45) is -0.367. The Morgan fingerprint density at radius 2 is 2.00 bits per heavy atom. The molecular formula is C14H14FNO3S2. The lowest BCUT2D eigenvalue weighted by atomic mass is 10.1. The van der Waals surface area contributed by atoms with Gasteiger partial charge in [0.15, 0.2) is 0 Å². The van der Waals surface area contributed by atoms with Crippen LogP contribution >= 0.6 is 11.3 Å². The molecule has 1 atom stereocenters. The molecule has 2 aromatic rings. The first-order valence-electron chi connectivity index (χ1n) is 6.48. The topological polar surface area (TPSA) is 46.6 Å². The molecule has 0 bridgehead atoms. The molecule has 21 heavy (non-hydrogen) atoms. The van der Waals surface area contributed by atoms with Gasteiger partial charge in [0.05, 0.1) is 12.7 Å². The van der Waals surface area contributed by atoms with Gasteiger partial charge in [-0.05, 0) is 29.1 Å². The Hall–Kier alpha value is -1.28. The summed E-state index contributed by atoms with van der Waals surface area (Å²) >= 11 is 1.20. The van der Waals surface area contributed by atoms with Crippen molar-refractivity contribution in [1.29, 1.82) is 0 Å². The van der Waals surface area contributed by atoms with Crippen molar-refractivity contribution in [1.82, 2.24) is 4.31 Å². The molecule has 1 aliphatic rings. The van der Waals surface area contributed by atoms with Gasteiger partial charge in [0.2, 0.25) is 0 Å². The van der Waals surface area contributed by atoms with Gasteiger partial charge in [-0.3, -0.25) is 0 Å². The normalized spacial score (nSPS) is 20.5. The van der Waals surface area contributed by atoms with E-state index in [9.17, 15) is 12.8 Å². The van der Waals surface area contributed by atoms with E-state index in [2.05, 4.69) is 0 Å². The van der Waals surface area contributed by atoms with Crippen LogP contribution in [0.5, 0.6) is 0 Å². The highest BCUT2D eigenvalue weighted by Crippen LogP contribution is 2.28. The maximum Gasteiger partial charge on any atom is 0.252 e. The van der Waals surface area contributed by atoms with Crippen molar-refractivity contribution in [3.8, 4) is 0 Å². The number of hydrogen-bond donors (Lipinski definition) is 0. The molecular weight excluding hydrogens is 313 g/mol. The van der Waals surface area contributed by atoms with Gasteiger partial charge < -0.3 is 4.74 Å². The minimum absolute atomic E-state index is 0.242. The predicted octanol–water partition coefficient (Wildman–Crippen LogP) is 2.65. The Morgan fingerprint density at radius 3 is 2.67 bits per heavy atom. The third kappa shape index (κ3) is 3.01. The Kier molecular flexibility index (Phi) is 4.08. The molecule has 1 aromatic carbocycles. The number of halogens is 1. The van der Waals surface area contributed by atoms with E-state index in [-0.39, 0.29) is 18.5 Å². The van der Waals surface area contributed by atoms with Crippen molar-refractivity contribution < 1.29 is 17.5 Å². The van der Waals surface area contributed by atoms with E-state index in [1.807, 2.05) is 0 Å². The second kappa shape index (κ2) is 5.84. The van der Waals surface area contributed by atoms with Crippen LogP contribution in [0.15, 0.2) is 46.0 Å². The molecule has 0 N–H and O–H groups in total. The molecule has 0 saturated carbocycles. The summed E-state index contributed by atoms with van der Waals surface area (Å²) in [5.74, 6) is -0.322. The van der Waals surface area contributed by atoms with Crippen molar-refractivity contribution in [2.45, 2.75) is 10.3 Å². The Balaban J connectivity index is 1.82. The Bertz CT molecular complexity index is 698. The largest absolute Gasteiger partial charge is 0.371 e. The molecule has 1 aliphatic heterocycles. The standard InChI is InChI=1S/C14H14FNO3S2/c15-12-5-3-11(4-6-12)13-10-16(7-8-19-13)21(17,18)14-2-1-9-20-14/h1-6,9,13H,7-8,10H2/t13-/m0/s1. The van der Waals surface area contributed by atoms with E-state index in [0.29, 0.717) is 17.4 Å². The van der Waals surface area contributed by atoms with E-state index < -0.39 is 10.0 Å². The fourth-order valence-electron chi connectivity index (χ4n) is 2.26. The van der Waals surface area contributed by atoms with Crippen molar-refractivity contribution in [2.24, 2.45) is 0 Å². The monoisotopic (exact) mass is 327 g/mol. The smallest absolute Gasteiger partial charge is 0.252 e. The summed E-state index contributed by atoms with van der Waals surface area (Å²) in [7, 11) is -3.47. The molecule has 1 saturated heterocycles. The van der Waals surface area contributed by atoms with Gasteiger partial charge in [0.25, 0.3) is 10.0 Å². The van der Waals surface area contributed by atoms with Crippen LogP contribution in [-0.4, -0.2) is 32.4 Å². The number of hydrogen-bond acceptors (Lipinski definition) is 4. The number of benzene rings is 1. The van der Waals surface area contributed by atoms with Crippen LogP contribution in [0.2, 0.25) is 0 Å². The number of sulfonamides is 1. The molecule has 1 fully saturated rings. The van der Waals surface area contributed by atoms with Gasteiger partial charge in [-0.2, -0.15) is 4.31 Å². The summed E-state index contributed by atoms with van der Waals surface area (Å²) in [6, 6.07) is 9.27. The molecule has 3 rings (SSSR count). The van der Waals surface area contributed by atoms with Crippen LogP contribution in [0.25, 0.3) is 0 Å². The second-order valence-electron chi connectivity index (χ2n) is 4.71. The first kappa shape index (κ1) is 14.6. The quantitative estimate of drug-likeness (QED) is 0.871. The highest BCUT2D eigenvalue weighted by molar-refractivity contribution is 7.91. The maximum absolute atomic E-state index is 13.0. The lowest BCUT2D eigenvalue weighted by Gasteiger charge is -2.32. The number of morpholine rings is 1. The van der Waals surface area contributed by atoms with Gasteiger partial charge >= 0.3 is 0 Å². The molecule has 4 nitrogen and oxygen atoms in total. The fourth-order valence-corrected chi connectivity index (χ4v) is 4.83. The fraction of sp³-hybridized carbons (Fsp3) is 0.286. The van der Waals surface area contributed by atoms with E-state index in [0.717, 1.165) is 5.56 Å². The molecule has 0 spiro atoms. The zero-order chi connectivity index (χ0) is 14.9. The average molecular weight is 327 g/mol. The lowest BCUT2D eigenvalue weighted by molar-refractivity contribution is -0.00253. The lowest BCUT2D eigenvalue weighted by Crippen LogP contribution is -2.41. The zero-order valence-electron chi connectivity index (χ0n) is 11.1. The molecule has 7 heteroatoms. The first-order chi connectivity index (χ1) is 10.1. The maximum atomic E-state index is 13.0. The minimum Gasteiger partial charge on any atom is -0.371 e. The van der Waals surface area contributed by atoms with E-state index in [4.69, 9.17) is 4.74 Å². The third-order valence-electron chi connectivity index (χ3n) is 3.36. The number of ether oxygens (including phenoxy) is 1. The molecule has 112 valence electrons. The Labute approximate surface area is 126 Å². The van der Waals surface area contributed by atoms with Crippen LogP contribution in [0.4, 0.5) is 4.39 Å². The summed E-state index contributed by atoms with van der Waals surface area (Å²) in [5.41, 5.74) is 0.780. The molecule has 0 aliphatic carbocycles. The van der Waals surface area contributed by atoms with Crippen molar-refractivity contribution in [3.63, 3.8) is 0 Å². The SMILES string of the molecule is O=S(=O)(c1cccs1)N1CCO[C@H](c2ccc(F)cc2)C1. The predicted molar refractivity (Wildman–Crippen MR) is 78.2 cm³/mol. The number of thiophene rings is 1. The summed E-state index contributed by atoms with van der Waals surface area (Å²) in [4.78, 5) is 0. The van der Waals surface area contributed by atoms with Gasteiger partial charge in [-0.15, -0.1) is 11.3 Å². The molecule has 1 aromatic heterocycles. The van der Waals surface area contributed by atoms with E-state index in [1.54, 1.807) is 29.6 Å². The summed E-state index contributed by atoms with van der Waals surface area (Å²) < 4.78 is 45.3. The van der Waals surface area contributed by atoms with Crippen LogP contribution in [0.3, 0.4) is 0 Å². The number of rotatable bonds is 3. The van der Waals surface area contributed by atoms with Gasteiger partial charge in [0, 0.05) is 13.1 Å². The van der Waals surface area contributed by atoms with Crippen molar-refractivity contribution >= 4 is 21.4 Å². The van der Waals surface area contributed by atoms with Gasteiger partial charge in [0.1, 0.15) is 10.0 Å². The molecule has 0 unspecified atom stereocenters. The van der Waals surface area contributed by atoms with Crippen LogP contribution in [0.1, 0.15) is 11.7 Å². The van der Waals surface area contributed by atoms with Crippen LogP contribution in [-0.2, 0) is 14.8 Å². The molecule has 0 radical (unpaired) electrons. The van der Waals surface area contributed by atoms with Crippen molar-refractivity contribution in [2.75, 3.05) is 19.7 Å². The third-order valence-corrected chi connectivity index (χ3v) is 6.60. The van der Waals surface area contributed by atoms with Gasteiger partial charge in [-0.25, -0.2) is 12.8 Å². The summed E-state index contributed by atoms with van der Waals surface area (Å²) in [5, 5.41) is 1.74. The minimum atomic E-state index is -3.47. The highest BCUT2D eigenvalue weighted by atomic mass is 32.2. The van der Waals surface area contributed by atoms with Crippen LogP contribution in [0, 0.1) is 5.82 Å². The Morgan fingerprint density at radius 1 is 1.24 bits per heavy atom. The number of nitrogens with zero attached hydrogens (tertiary/aromatic N) is 1. The molecule has 0 amide bonds. The average Bonchev–Trinajstić information content (AvgIpc) is 3.03. The second-order valence-corrected chi connectivity index (χ2v) is 7.82. The summed E-state index contributed by atoms with van der Waals surface area (Å²) in [6.45, 7) is 0.899. The molecule has 2 heterocycles. The van der Waals surface area contributed by atoms with E-state index >= 15 is 0 Å². The first-order valence-corrected chi connectivity index (χ1v) is 8.80. The van der Waals surface area contributed by atoms with Gasteiger partial charge in [-0.1, -0.05) is 18.2 Å². The highest BCUT2D eigenvalue weighted by Gasteiger charge is 2.32. The van der Waals surface area contributed by atoms with E-state index in [1.165, 1.54) is 27.8 Å².